The van der Waals surface area contributed by atoms with Crippen molar-refractivity contribution in [1.29, 1.82) is 0 Å². The first-order valence-electron chi connectivity index (χ1n) is 11.7. The summed E-state index contributed by atoms with van der Waals surface area (Å²) in [7, 11) is 1.51. The molecule has 3 N–H and O–H groups in total. The molecule has 0 spiro atoms. The van der Waals surface area contributed by atoms with Crippen LogP contribution in [0.3, 0.4) is 0 Å². The van der Waals surface area contributed by atoms with Crippen molar-refractivity contribution in [3.05, 3.63) is 59.7 Å². The molecule has 2 aromatic carbocycles. The molecule has 0 aromatic heterocycles. The van der Waals surface area contributed by atoms with Crippen LogP contribution in [0.4, 0.5) is 4.79 Å². The Labute approximate surface area is 203 Å². The van der Waals surface area contributed by atoms with E-state index in [1.807, 2.05) is 36.4 Å². The smallest absolute Gasteiger partial charge is 0.407 e. The Hall–Kier alpha value is -3.43. The number of hydrogen-bond acceptors (Lipinski definition) is 6. The first-order valence-corrected chi connectivity index (χ1v) is 11.7. The Kier molecular flexibility index (Phi) is 7.99. The number of carboxylic acids is 1. The summed E-state index contributed by atoms with van der Waals surface area (Å²) in [5, 5.41) is 14.5. The number of carbonyl (C=O) groups excluding carboxylic acids is 2. The van der Waals surface area contributed by atoms with Crippen LogP contribution in [0.5, 0.6) is 0 Å². The van der Waals surface area contributed by atoms with E-state index in [0.717, 1.165) is 22.3 Å². The highest BCUT2D eigenvalue weighted by atomic mass is 16.5. The van der Waals surface area contributed by atoms with Crippen LogP contribution in [0.1, 0.15) is 29.9 Å². The molecule has 0 saturated carbocycles. The minimum atomic E-state index is -0.909. The molecule has 9 nitrogen and oxygen atoms in total. The number of aliphatic carboxylic acids is 1. The van der Waals surface area contributed by atoms with Crippen molar-refractivity contribution in [2.75, 3.05) is 33.5 Å². The molecule has 2 amide bonds. The predicted octanol–water partition coefficient (Wildman–Crippen LogP) is 2.54. The summed E-state index contributed by atoms with van der Waals surface area (Å²) in [4.78, 5) is 36.5. The summed E-state index contributed by atoms with van der Waals surface area (Å²) in [6.07, 6.45) is -0.475. The van der Waals surface area contributed by atoms with Gasteiger partial charge >= 0.3 is 12.1 Å². The summed E-state index contributed by atoms with van der Waals surface area (Å²) in [5.74, 6) is -1.96. The fourth-order valence-corrected chi connectivity index (χ4v) is 4.64. The van der Waals surface area contributed by atoms with Crippen molar-refractivity contribution in [2.24, 2.45) is 5.92 Å². The summed E-state index contributed by atoms with van der Waals surface area (Å²) in [6.45, 7) is 0.702. The fourth-order valence-electron chi connectivity index (χ4n) is 4.64. The second-order valence-electron chi connectivity index (χ2n) is 8.78. The minimum Gasteiger partial charge on any atom is -0.481 e. The molecule has 186 valence electrons. The third kappa shape index (κ3) is 5.80. The summed E-state index contributed by atoms with van der Waals surface area (Å²) < 4.78 is 16.1. The Morgan fingerprint density at radius 2 is 1.74 bits per heavy atom. The average molecular weight is 483 g/mol. The van der Waals surface area contributed by atoms with Gasteiger partial charge in [0, 0.05) is 32.6 Å². The van der Waals surface area contributed by atoms with Crippen molar-refractivity contribution in [3.8, 4) is 11.1 Å². The number of hydrogen-bond donors (Lipinski definition) is 3. The number of carbonyl (C=O) groups is 3. The third-order valence-corrected chi connectivity index (χ3v) is 6.50. The minimum absolute atomic E-state index is 0.0823. The number of alkyl carbamates (subject to hydrolysis) is 1. The lowest BCUT2D eigenvalue weighted by atomic mass is 9.98. The van der Waals surface area contributed by atoms with E-state index < -0.39 is 29.9 Å². The van der Waals surface area contributed by atoms with E-state index in [1.54, 1.807) is 0 Å². The highest BCUT2D eigenvalue weighted by Crippen LogP contribution is 2.44. The molecule has 1 saturated heterocycles. The van der Waals surface area contributed by atoms with Crippen molar-refractivity contribution in [1.82, 2.24) is 10.6 Å². The van der Waals surface area contributed by atoms with E-state index in [4.69, 9.17) is 19.3 Å². The van der Waals surface area contributed by atoms with Gasteiger partial charge in [-0.1, -0.05) is 48.5 Å². The predicted molar refractivity (Wildman–Crippen MR) is 127 cm³/mol. The molecular weight excluding hydrogens is 452 g/mol. The van der Waals surface area contributed by atoms with E-state index in [1.165, 1.54) is 7.11 Å². The number of rotatable bonds is 10. The molecule has 0 radical (unpaired) electrons. The molecular formula is C26H30N2O7. The first-order chi connectivity index (χ1) is 17.0. The Morgan fingerprint density at radius 3 is 2.34 bits per heavy atom. The number of nitrogens with one attached hydrogen (secondary N) is 2. The van der Waals surface area contributed by atoms with E-state index in [-0.39, 0.29) is 44.8 Å². The van der Waals surface area contributed by atoms with Crippen LogP contribution in [0, 0.1) is 5.92 Å². The molecule has 3 atom stereocenters. The van der Waals surface area contributed by atoms with Gasteiger partial charge in [-0.15, -0.1) is 0 Å². The van der Waals surface area contributed by atoms with Crippen LogP contribution in [0.2, 0.25) is 0 Å². The topological polar surface area (TPSA) is 123 Å². The normalized spacial score (nSPS) is 19.5. The summed E-state index contributed by atoms with van der Waals surface area (Å²) >= 11 is 0. The van der Waals surface area contributed by atoms with Gasteiger partial charge in [0.1, 0.15) is 12.6 Å². The number of amides is 2. The Morgan fingerprint density at radius 1 is 1.09 bits per heavy atom. The van der Waals surface area contributed by atoms with Crippen LogP contribution < -0.4 is 10.6 Å². The van der Waals surface area contributed by atoms with Crippen LogP contribution in [0.15, 0.2) is 48.5 Å². The molecule has 1 fully saturated rings. The quantitative estimate of drug-likeness (QED) is 0.476. The molecule has 1 aliphatic carbocycles. The SMILES string of the molecule is COCCC(NC(=O)OCC1c2ccccc2-c2ccccc21)C(=O)NC[C@@H]1C[C@H](C(=O)O)CO1. The Balaban J connectivity index is 1.32. The standard InChI is InChI=1S/C26H30N2O7/c1-33-11-10-23(24(29)27-13-17-12-16(14-34-17)25(30)31)28-26(32)35-15-22-20-8-4-2-6-18(20)19-7-3-5-9-21(19)22/h2-9,16-17,22-23H,10-15H2,1H3,(H,27,29)(H,28,32)(H,30,31)/t16-,17-,23?/m0/s1. The van der Waals surface area contributed by atoms with E-state index >= 15 is 0 Å². The highest BCUT2D eigenvalue weighted by Gasteiger charge is 2.32. The van der Waals surface area contributed by atoms with E-state index in [0.29, 0.717) is 6.42 Å². The van der Waals surface area contributed by atoms with Crippen LogP contribution in [0.25, 0.3) is 11.1 Å². The molecule has 9 heteroatoms. The van der Waals surface area contributed by atoms with Gasteiger partial charge in [-0.25, -0.2) is 4.79 Å². The lowest BCUT2D eigenvalue weighted by Gasteiger charge is -2.20. The van der Waals surface area contributed by atoms with E-state index in [9.17, 15) is 14.4 Å². The number of ether oxygens (including phenoxy) is 3. The summed E-state index contributed by atoms with van der Waals surface area (Å²) in [6, 6.07) is 15.3. The molecule has 2 aliphatic rings. The maximum absolute atomic E-state index is 12.7. The largest absolute Gasteiger partial charge is 0.481 e. The Bertz CT molecular complexity index is 1030. The van der Waals surface area contributed by atoms with Gasteiger partial charge in [0.2, 0.25) is 5.91 Å². The van der Waals surface area contributed by atoms with Crippen LogP contribution >= 0.6 is 0 Å². The highest BCUT2D eigenvalue weighted by molar-refractivity contribution is 5.85. The van der Waals surface area contributed by atoms with Crippen LogP contribution in [-0.4, -0.2) is 68.7 Å². The fraction of sp³-hybridized carbons (Fsp3) is 0.423. The lowest BCUT2D eigenvalue weighted by Crippen LogP contribution is -2.49. The summed E-state index contributed by atoms with van der Waals surface area (Å²) in [5.41, 5.74) is 4.47. The molecule has 2 aromatic rings. The van der Waals surface area contributed by atoms with Crippen molar-refractivity contribution >= 4 is 18.0 Å². The van der Waals surface area contributed by atoms with Gasteiger partial charge in [-0.05, 0) is 28.7 Å². The zero-order valence-corrected chi connectivity index (χ0v) is 19.6. The average Bonchev–Trinajstić information content (AvgIpc) is 3.47. The third-order valence-electron chi connectivity index (χ3n) is 6.50. The van der Waals surface area contributed by atoms with Crippen molar-refractivity contribution < 1.29 is 33.7 Å². The zero-order valence-electron chi connectivity index (χ0n) is 19.6. The van der Waals surface area contributed by atoms with Gasteiger partial charge in [0.05, 0.1) is 18.6 Å². The molecule has 1 heterocycles. The second kappa shape index (κ2) is 11.3. The number of carboxylic acid groups (broad SMARTS) is 1. The lowest BCUT2D eigenvalue weighted by molar-refractivity contribution is -0.141. The van der Waals surface area contributed by atoms with Gasteiger partial charge in [-0.3, -0.25) is 9.59 Å². The van der Waals surface area contributed by atoms with Crippen molar-refractivity contribution in [3.63, 3.8) is 0 Å². The number of methoxy groups -OCH3 is 1. The van der Waals surface area contributed by atoms with E-state index in [2.05, 4.69) is 22.8 Å². The molecule has 0 bridgehead atoms. The second-order valence-corrected chi connectivity index (χ2v) is 8.78. The van der Waals surface area contributed by atoms with Crippen molar-refractivity contribution in [2.45, 2.75) is 30.9 Å². The number of benzene rings is 2. The monoisotopic (exact) mass is 482 g/mol. The maximum atomic E-state index is 12.7. The maximum Gasteiger partial charge on any atom is 0.407 e. The molecule has 1 aliphatic heterocycles. The molecule has 4 rings (SSSR count). The van der Waals surface area contributed by atoms with Gasteiger partial charge in [0.25, 0.3) is 0 Å². The molecule has 1 unspecified atom stereocenters. The molecule has 35 heavy (non-hydrogen) atoms. The van der Waals surface area contributed by atoms with Crippen LogP contribution in [-0.2, 0) is 23.8 Å². The first kappa shape index (κ1) is 24.7. The zero-order chi connectivity index (χ0) is 24.8. The van der Waals surface area contributed by atoms with Gasteiger partial charge in [-0.2, -0.15) is 0 Å². The number of fused-ring (bicyclic) bond motifs is 3. The van der Waals surface area contributed by atoms with Gasteiger partial charge in [0.15, 0.2) is 0 Å². The van der Waals surface area contributed by atoms with Gasteiger partial charge < -0.3 is 30.0 Å².